The highest BCUT2D eigenvalue weighted by Crippen LogP contribution is 2.60. The summed E-state index contributed by atoms with van der Waals surface area (Å²) in [5.41, 5.74) is 4.95. The largest absolute Gasteiger partial charge is 0.504 e. The van der Waals surface area contributed by atoms with E-state index in [2.05, 4.69) is 33.8 Å². The molecule has 1 N–H and O–H groups in total. The molecule has 1 aromatic carbocycles. The first-order chi connectivity index (χ1) is 11.3. The Hall–Kier alpha value is -1.44. The van der Waals surface area contributed by atoms with Gasteiger partial charge in [-0.15, -0.1) is 0 Å². The molecule has 1 unspecified atom stereocenters. The van der Waals surface area contributed by atoms with Crippen LogP contribution >= 0.6 is 0 Å². The van der Waals surface area contributed by atoms with Crippen LogP contribution in [-0.4, -0.2) is 12.2 Å². The van der Waals surface area contributed by atoms with Gasteiger partial charge in [0.2, 0.25) is 0 Å². The summed E-state index contributed by atoms with van der Waals surface area (Å²) in [4.78, 5) is 0. The standard InChI is InChI=1S/C22H32O2/c1-15-10-11-19-21(2,3)12-7-13-22(19,4)17(15)14-16-8-6-9-18(23)20(16)24-5/h6,8-9,19,23H,7,10-14H2,1-5H3/t19?,22-/m1/s1. The Morgan fingerprint density at radius 2 is 1.96 bits per heavy atom. The molecule has 1 fully saturated rings. The second-order valence-corrected chi connectivity index (χ2v) is 8.76. The van der Waals surface area contributed by atoms with Crippen LogP contribution in [-0.2, 0) is 6.42 Å². The van der Waals surface area contributed by atoms with Gasteiger partial charge in [-0.2, -0.15) is 0 Å². The van der Waals surface area contributed by atoms with Crippen LogP contribution in [0.5, 0.6) is 11.5 Å². The fourth-order valence-electron chi connectivity index (χ4n) is 5.68. The Morgan fingerprint density at radius 3 is 2.67 bits per heavy atom. The summed E-state index contributed by atoms with van der Waals surface area (Å²) < 4.78 is 5.49. The Bertz CT molecular complexity index is 656. The smallest absolute Gasteiger partial charge is 0.163 e. The van der Waals surface area contributed by atoms with Gasteiger partial charge < -0.3 is 9.84 Å². The van der Waals surface area contributed by atoms with Crippen LogP contribution in [0.3, 0.4) is 0 Å². The summed E-state index contributed by atoms with van der Waals surface area (Å²) in [6, 6.07) is 5.73. The molecule has 2 aliphatic carbocycles. The van der Waals surface area contributed by atoms with Gasteiger partial charge in [0.1, 0.15) is 0 Å². The number of allylic oxidation sites excluding steroid dienone is 2. The first-order valence-electron chi connectivity index (χ1n) is 9.33. The van der Waals surface area contributed by atoms with E-state index in [4.69, 9.17) is 4.74 Å². The van der Waals surface area contributed by atoms with E-state index in [9.17, 15) is 5.11 Å². The Labute approximate surface area is 146 Å². The maximum Gasteiger partial charge on any atom is 0.163 e. The molecule has 0 saturated heterocycles. The van der Waals surface area contributed by atoms with Crippen LogP contribution in [0.2, 0.25) is 0 Å². The molecule has 24 heavy (non-hydrogen) atoms. The van der Waals surface area contributed by atoms with Gasteiger partial charge in [-0.3, -0.25) is 0 Å². The summed E-state index contributed by atoms with van der Waals surface area (Å²) in [5, 5.41) is 10.1. The van der Waals surface area contributed by atoms with E-state index < -0.39 is 0 Å². The van der Waals surface area contributed by atoms with E-state index in [1.165, 1.54) is 32.1 Å². The van der Waals surface area contributed by atoms with Crippen molar-refractivity contribution in [3.8, 4) is 11.5 Å². The molecule has 0 radical (unpaired) electrons. The van der Waals surface area contributed by atoms with E-state index >= 15 is 0 Å². The number of ether oxygens (including phenoxy) is 1. The van der Waals surface area contributed by atoms with Gasteiger partial charge >= 0.3 is 0 Å². The number of hydrogen-bond acceptors (Lipinski definition) is 2. The van der Waals surface area contributed by atoms with Crippen molar-refractivity contribution >= 4 is 0 Å². The predicted molar refractivity (Wildman–Crippen MR) is 99.5 cm³/mol. The normalized spacial score (nSPS) is 29.3. The predicted octanol–water partition coefficient (Wildman–Crippen LogP) is 5.89. The highest BCUT2D eigenvalue weighted by atomic mass is 16.5. The second-order valence-electron chi connectivity index (χ2n) is 8.76. The lowest BCUT2D eigenvalue weighted by atomic mass is 9.50. The molecule has 2 heteroatoms. The van der Waals surface area contributed by atoms with Crippen LogP contribution < -0.4 is 4.74 Å². The Balaban J connectivity index is 2.02. The van der Waals surface area contributed by atoms with Crippen molar-refractivity contribution in [3.05, 3.63) is 34.9 Å². The van der Waals surface area contributed by atoms with Crippen LogP contribution in [0.25, 0.3) is 0 Å². The average molecular weight is 328 g/mol. The van der Waals surface area contributed by atoms with E-state index in [0.29, 0.717) is 11.2 Å². The van der Waals surface area contributed by atoms with Gasteiger partial charge in [-0.25, -0.2) is 0 Å². The van der Waals surface area contributed by atoms with Gasteiger partial charge in [0.05, 0.1) is 7.11 Å². The molecule has 3 rings (SSSR count). The molecule has 0 aromatic heterocycles. The minimum Gasteiger partial charge on any atom is -0.504 e. The third-order valence-corrected chi connectivity index (χ3v) is 6.89. The molecule has 2 atom stereocenters. The van der Waals surface area contributed by atoms with Gasteiger partial charge in [0, 0.05) is 5.56 Å². The molecule has 0 bridgehead atoms. The summed E-state index contributed by atoms with van der Waals surface area (Å²) in [5.74, 6) is 1.63. The zero-order valence-electron chi connectivity index (χ0n) is 15.9. The van der Waals surface area contributed by atoms with Gasteiger partial charge in [-0.1, -0.05) is 50.5 Å². The monoisotopic (exact) mass is 328 g/mol. The van der Waals surface area contributed by atoms with Crippen molar-refractivity contribution in [2.24, 2.45) is 16.7 Å². The molecule has 1 aromatic rings. The van der Waals surface area contributed by atoms with Crippen LogP contribution in [0.1, 0.15) is 65.4 Å². The number of hydrogen-bond donors (Lipinski definition) is 1. The molecule has 0 spiro atoms. The van der Waals surface area contributed by atoms with Crippen molar-refractivity contribution in [1.82, 2.24) is 0 Å². The molecule has 0 amide bonds. The van der Waals surface area contributed by atoms with Crippen LogP contribution in [0.4, 0.5) is 0 Å². The average Bonchev–Trinajstić information content (AvgIpc) is 2.50. The second kappa shape index (κ2) is 6.13. The number of rotatable bonds is 3. The van der Waals surface area contributed by atoms with Crippen molar-refractivity contribution in [1.29, 1.82) is 0 Å². The molecule has 2 aliphatic rings. The first kappa shape index (κ1) is 17.4. The number of aromatic hydroxyl groups is 1. The van der Waals surface area contributed by atoms with Crippen molar-refractivity contribution < 1.29 is 9.84 Å². The maximum atomic E-state index is 10.1. The highest BCUT2D eigenvalue weighted by molar-refractivity contribution is 5.48. The maximum absolute atomic E-state index is 10.1. The van der Waals surface area contributed by atoms with E-state index in [1.807, 2.05) is 6.07 Å². The van der Waals surface area contributed by atoms with Gasteiger partial charge in [-0.05, 0) is 61.8 Å². The molecular formula is C22H32O2. The Kier molecular flexibility index (Phi) is 4.44. The highest BCUT2D eigenvalue weighted by Gasteiger charge is 2.49. The molecule has 2 nitrogen and oxygen atoms in total. The van der Waals surface area contributed by atoms with E-state index in [0.717, 1.165) is 17.9 Å². The van der Waals surface area contributed by atoms with Crippen molar-refractivity contribution in [3.63, 3.8) is 0 Å². The molecule has 0 heterocycles. The molecule has 1 saturated carbocycles. The third-order valence-electron chi connectivity index (χ3n) is 6.89. The number of phenols is 1. The topological polar surface area (TPSA) is 29.5 Å². The third kappa shape index (κ3) is 2.74. The lowest BCUT2D eigenvalue weighted by Gasteiger charge is -2.55. The Morgan fingerprint density at radius 1 is 1.21 bits per heavy atom. The zero-order valence-corrected chi connectivity index (χ0v) is 15.9. The van der Waals surface area contributed by atoms with Gasteiger partial charge in [0.25, 0.3) is 0 Å². The van der Waals surface area contributed by atoms with E-state index in [-0.39, 0.29) is 11.2 Å². The number of fused-ring (bicyclic) bond motifs is 1. The van der Waals surface area contributed by atoms with Crippen LogP contribution in [0.15, 0.2) is 29.3 Å². The molecule has 0 aliphatic heterocycles. The minimum absolute atomic E-state index is 0.245. The van der Waals surface area contributed by atoms with Crippen LogP contribution in [0, 0.1) is 16.7 Å². The SMILES string of the molecule is COc1c(O)cccc1CC1=C(C)CCC2C(C)(C)CCC[C@]12C. The summed E-state index contributed by atoms with van der Waals surface area (Å²) >= 11 is 0. The fraction of sp³-hybridized carbons (Fsp3) is 0.636. The first-order valence-corrected chi connectivity index (χ1v) is 9.33. The summed E-state index contributed by atoms with van der Waals surface area (Å²) in [7, 11) is 1.65. The van der Waals surface area contributed by atoms with E-state index in [1.54, 1.807) is 24.3 Å². The number of phenolic OH excluding ortho intramolecular Hbond substituents is 1. The van der Waals surface area contributed by atoms with Crippen molar-refractivity contribution in [2.45, 2.75) is 66.2 Å². The zero-order chi connectivity index (χ0) is 17.5. The molecular weight excluding hydrogens is 296 g/mol. The lowest BCUT2D eigenvalue weighted by molar-refractivity contribution is 0.0112. The fourth-order valence-corrected chi connectivity index (χ4v) is 5.68. The van der Waals surface area contributed by atoms with Gasteiger partial charge in [0.15, 0.2) is 11.5 Å². The minimum atomic E-state index is 0.245. The lowest BCUT2D eigenvalue weighted by Crippen LogP contribution is -2.45. The molecule has 132 valence electrons. The number of benzene rings is 1. The summed E-state index contributed by atoms with van der Waals surface area (Å²) in [6.45, 7) is 9.73. The summed E-state index contributed by atoms with van der Waals surface area (Å²) in [6.07, 6.45) is 7.36. The quantitative estimate of drug-likeness (QED) is 0.701. The number of methoxy groups -OCH3 is 1. The number of para-hydroxylation sites is 1. The van der Waals surface area contributed by atoms with Crippen molar-refractivity contribution in [2.75, 3.05) is 7.11 Å².